The lowest BCUT2D eigenvalue weighted by Crippen LogP contribution is -2.15. The van der Waals surface area contributed by atoms with Gasteiger partial charge in [0.1, 0.15) is 0 Å². The summed E-state index contributed by atoms with van der Waals surface area (Å²) in [4.78, 5) is 32.6. The second-order valence-electron chi connectivity index (χ2n) is 17.3. The Hall–Kier alpha value is -4.34. The Bertz CT molecular complexity index is 2500. The zero-order chi connectivity index (χ0) is 54.3. The Labute approximate surface area is 461 Å². The van der Waals surface area contributed by atoms with Crippen LogP contribution in [0.25, 0.3) is 10.9 Å². The van der Waals surface area contributed by atoms with Crippen LogP contribution in [0.3, 0.4) is 0 Å². The van der Waals surface area contributed by atoms with Crippen molar-refractivity contribution in [2.24, 2.45) is 10.9 Å². The summed E-state index contributed by atoms with van der Waals surface area (Å²) in [5.74, 6) is 0.656. The molecule has 392 valence electrons. The van der Waals surface area contributed by atoms with Crippen LogP contribution in [-0.2, 0) is 14.3 Å². The van der Waals surface area contributed by atoms with Gasteiger partial charge >= 0.3 is 5.97 Å². The molecular formula is C59H76Cl6N4O3. The van der Waals surface area contributed by atoms with E-state index in [0.717, 1.165) is 73.5 Å². The molecule has 0 aliphatic heterocycles. The molecule has 0 radical (unpaired) electrons. The van der Waals surface area contributed by atoms with E-state index in [-0.39, 0.29) is 42.5 Å². The van der Waals surface area contributed by atoms with Crippen LogP contribution in [0.2, 0.25) is 30.1 Å². The van der Waals surface area contributed by atoms with E-state index in [1.54, 1.807) is 49.5 Å². The number of hydrogen-bond acceptors (Lipinski definition) is 6. The topological polar surface area (TPSA) is 92.7 Å². The minimum absolute atomic E-state index is 0.0414. The molecule has 7 nitrogen and oxygen atoms in total. The van der Waals surface area contributed by atoms with Crippen LogP contribution in [0.4, 0.5) is 17.1 Å². The third kappa shape index (κ3) is 23.3. The molecule has 3 unspecified atom stereocenters. The number of benzene rings is 5. The van der Waals surface area contributed by atoms with E-state index in [0.29, 0.717) is 32.4 Å². The molecule has 1 heterocycles. The Kier molecular flexibility index (Phi) is 33.3. The fourth-order valence-electron chi connectivity index (χ4n) is 6.97. The first-order valence-corrected chi connectivity index (χ1v) is 27.0. The predicted molar refractivity (Wildman–Crippen MR) is 317 cm³/mol. The summed E-state index contributed by atoms with van der Waals surface area (Å²) in [7, 11) is 0. The van der Waals surface area contributed by atoms with Crippen molar-refractivity contribution in [3.05, 3.63) is 162 Å². The molecule has 0 fully saturated rings. The number of aromatic nitrogens is 1. The number of carbonyl (C=O) groups excluding carboxylic acids is 2. The molecule has 5 aromatic carbocycles. The monoisotopic (exact) mass is 1100 g/mol. The Balaban J connectivity index is 0.000000506. The number of pyridine rings is 1. The highest BCUT2D eigenvalue weighted by atomic mass is 35.5. The number of ether oxygens (including phenoxy) is 1. The van der Waals surface area contributed by atoms with Gasteiger partial charge in [0.05, 0.1) is 35.6 Å². The SMILES string of the molecule is CC.CC(C)C.CC(CC(=O)Nc1cccc2cccnc12)c1c(Cl)cccc1Cl.CC=Nc1c(C)cccc1NCCC(C)c1c(Cl)cccc1Cl.CCC.CCOC(=O)CC(C)c1c(Cl)cccc1Cl. The first kappa shape index (κ1) is 65.7. The Morgan fingerprint density at radius 3 is 1.51 bits per heavy atom. The number of nitrogens with zero attached hydrogens (tertiary/aromatic N) is 2. The Morgan fingerprint density at radius 2 is 1.04 bits per heavy atom. The third-order valence-electron chi connectivity index (χ3n) is 10.0. The number of esters is 1. The van der Waals surface area contributed by atoms with Gasteiger partial charge in [-0.05, 0) is 128 Å². The van der Waals surface area contributed by atoms with Crippen molar-refractivity contribution in [2.75, 3.05) is 23.8 Å². The molecule has 0 saturated carbocycles. The van der Waals surface area contributed by atoms with Crippen LogP contribution in [0.1, 0.15) is 149 Å². The second-order valence-corrected chi connectivity index (χ2v) is 19.7. The smallest absolute Gasteiger partial charge is 0.306 e. The molecule has 1 aromatic heterocycles. The van der Waals surface area contributed by atoms with Gasteiger partial charge in [0.2, 0.25) is 5.91 Å². The quantitative estimate of drug-likeness (QED) is 0.0837. The highest BCUT2D eigenvalue weighted by Gasteiger charge is 2.19. The summed E-state index contributed by atoms with van der Waals surface area (Å²) in [5, 5.41) is 11.2. The maximum atomic E-state index is 12.4. The molecule has 13 heteroatoms. The Morgan fingerprint density at radius 1 is 0.625 bits per heavy atom. The van der Waals surface area contributed by atoms with Crippen molar-refractivity contribution >= 4 is 116 Å². The standard InChI is InChI=1S/C19H16Cl2N2O.C19H22Cl2N2.C12H14Cl2O2.C4H10.C3H8.C2H6/c1-12(18-14(20)7-3-8-15(18)21)11-17(24)23-16-9-2-5-13-6-4-10-22-19(13)16;1-4-22-19-14(3)7-5-10-17(19)23-12-11-13(2)18-15(20)8-6-9-16(18)21;1-3-16-11(15)7-8(2)12-9(13)5-4-6-10(12)14;1-4(2)3;1-3-2;1-2/h2-10,12H,11H2,1H3,(H,23,24);4-10,13,23H,11-12H2,1-3H3;4-6,8H,3,7H2,1-2H3;4H,1-3H3;3H2,1-2H3;1-2H3. The number of fused-ring (bicyclic) bond motifs is 1. The number of anilines is 2. The highest BCUT2D eigenvalue weighted by Crippen LogP contribution is 2.36. The number of rotatable bonds is 14. The van der Waals surface area contributed by atoms with E-state index in [4.69, 9.17) is 74.3 Å². The zero-order valence-electron chi connectivity index (χ0n) is 44.4. The van der Waals surface area contributed by atoms with E-state index < -0.39 is 0 Å². The van der Waals surface area contributed by atoms with Gasteiger partial charge in [-0.2, -0.15) is 0 Å². The fraction of sp³-hybridized carbons (Fsp3) is 0.390. The molecule has 0 bridgehead atoms. The van der Waals surface area contributed by atoms with Gasteiger partial charge in [0.15, 0.2) is 0 Å². The highest BCUT2D eigenvalue weighted by molar-refractivity contribution is 6.37. The third-order valence-corrected chi connectivity index (χ3v) is 12.0. The van der Waals surface area contributed by atoms with Gasteiger partial charge in [0, 0.05) is 60.9 Å². The maximum Gasteiger partial charge on any atom is 0.306 e. The first-order chi connectivity index (χ1) is 34.3. The second kappa shape index (κ2) is 36.6. The van der Waals surface area contributed by atoms with Crippen molar-refractivity contribution in [2.45, 2.75) is 133 Å². The zero-order valence-corrected chi connectivity index (χ0v) is 48.9. The summed E-state index contributed by atoms with van der Waals surface area (Å²) in [6.07, 6.45) is 6.29. The molecule has 6 rings (SSSR count). The van der Waals surface area contributed by atoms with Crippen molar-refractivity contribution in [3.8, 4) is 0 Å². The maximum absolute atomic E-state index is 12.4. The molecular weight excluding hydrogens is 1030 g/mol. The van der Waals surface area contributed by atoms with Crippen molar-refractivity contribution in [1.82, 2.24) is 4.98 Å². The number of hydrogen-bond donors (Lipinski definition) is 2. The molecule has 1 amide bonds. The molecule has 0 saturated heterocycles. The summed E-state index contributed by atoms with van der Waals surface area (Å²) < 4.78 is 4.89. The predicted octanol–water partition coefficient (Wildman–Crippen LogP) is 20.5. The number of halogens is 6. The van der Waals surface area contributed by atoms with Crippen molar-refractivity contribution in [1.29, 1.82) is 0 Å². The van der Waals surface area contributed by atoms with Gasteiger partial charge in [-0.15, -0.1) is 0 Å². The van der Waals surface area contributed by atoms with Crippen molar-refractivity contribution < 1.29 is 14.3 Å². The average Bonchev–Trinajstić information content (AvgIpc) is 3.31. The lowest BCUT2D eigenvalue weighted by Gasteiger charge is -2.17. The van der Waals surface area contributed by atoms with E-state index >= 15 is 0 Å². The summed E-state index contributed by atoms with van der Waals surface area (Å²) >= 11 is 37.1. The molecule has 0 spiro atoms. The van der Waals surface area contributed by atoms with Crippen LogP contribution in [0.15, 0.2) is 114 Å². The van der Waals surface area contributed by atoms with Gasteiger partial charge in [-0.25, -0.2) is 0 Å². The molecule has 0 aliphatic rings. The number of nitrogens with one attached hydrogen (secondary N) is 2. The van der Waals surface area contributed by atoms with Gasteiger partial charge in [0.25, 0.3) is 0 Å². The molecule has 2 N–H and O–H groups in total. The van der Waals surface area contributed by atoms with Gasteiger partial charge in [-0.3, -0.25) is 19.6 Å². The van der Waals surface area contributed by atoms with Crippen LogP contribution >= 0.6 is 69.6 Å². The number of carbonyl (C=O) groups is 2. The summed E-state index contributed by atoms with van der Waals surface area (Å²) in [6, 6.07) is 32.0. The molecule has 3 atom stereocenters. The fourth-order valence-corrected chi connectivity index (χ4v) is 9.28. The van der Waals surface area contributed by atoms with Gasteiger partial charge in [-0.1, -0.05) is 194 Å². The summed E-state index contributed by atoms with van der Waals surface area (Å²) in [5.41, 5.74) is 7.32. The number of aliphatic imine (C=N–C) groups is 1. The minimum atomic E-state index is -0.231. The normalized spacial score (nSPS) is 11.6. The van der Waals surface area contributed by atoms with Crippen LogP contribution in [0, 0.1) is 12.8 Å². The number of amides is 1. The van der Waals surface area contributed by atoms with Crippen LogP contribution < -0.4 is 10.6 Å². The number of para-hydroxylation sites is 2. The molecule has 72 heavy (non-hydrogen) atoms. The first-order valence-electron chi connectivity index (χ1n) is 24.7. The molecule has 6 aromatic rings. The van der Waals surface area contributed by atoms with Crippen LogP contribution in [-0.4, -0.2) is 36.2 Å². The number of aryl methyl sites for hydroxylation is 1. The van der Waals surface area contributed by atoms with E-state index in [2.05, 4.69) is 81.2 Å². The van der Waals surface area contributed by atoms with E-state index in [9.17, 15) is 9.59 Å². The van der Waals surface area contributed by atoms with Crippen molar-refractivity contribution in [3.63, 3.8) is 0 Å². The largest absolute Gasteiger partial charge is 0.466 e. The average molecular weight is 1100 g/mol. The summed E-state index contributed by atoms with van der Waals surface area (Å²) in [6.45, 7) is 27.7. The van der Waals surface area contributed by atoms with E-state index in [1.807, 2.05) is 95.4 Å². The lowest BCUT2D eigenvalue weighted by atomic mass is 9.97. The minimum Gasteiger partial charge on any atom is -0.466 e. The van der Waals surface area contributed by atoms with E-state index in [1.165, 1.54) is 6.42 Å². The van der Waals surface area contributed by atoms with Gasteiger partial charge < -0.3 is 15.4 Å². The lowest BCUT2D eigenvalue weighted by molar-refractivity contribution is -0.143. The molecule has 0 aliphatic carbocycles. The van der Waals surface area contributed by atoms with Crippen LogP contribution in [0.5, 0.6) is 0 Å².